The molecular formula is C3H3ClF2. The monoisotopic (exact) mass is 112 g/mol. The molecule has 3 heteroatoms. The van der Waals surface area contributed by atoms with Crippen LogP contribution in [0.4, 0.5) is 8.78 Å². The van der Waals surface area contributed by atoms with E-state index in [0.717, 1.165) is 5.54 Å². The van der Waals surface area contributed by atoms with Crippen molar-refractivity contribution in [3.8, 4) is 0 Å². The maximum absolute atomic E-state index is 10.9. The van der Waals surface area contributed by atoms with Crippen molar-refractivity contribution in [2.45, 2.75) is 6.43 Å². The number of hydrogen-bond donors (Lipinski definition) is 0. The first-order valence-electron chi connectivity index (χ1n) is 1.32. The summed E-state index contributed by atoms with van der Waals surface area (Å²) in [6.45, 7) is 0. The Morgan fingerprint density at radius 2 is 2.00 bits per heavy atom. The van der Waals surface area contributed by atoms with Crippen LogP contribution in [0.5, 0.6) is 0 Å². The summed E-state index contributed by atoms with van der Waals surface area (Å²) in [5.74, 6) is 0. The molecule has 0 rings (SSSR count). The normalized spacial score (nSPS) is 11.3. The van der Waals surface area contributed by atoms with Crippen LogP contribution in [0, 0.1) is 0 Å². The van der Waals surface area contributed by atoms with Crippen LogP contribution in [-0.4, -0.2) is 6.43 Å². The Labute approximate surface area is 39.4 Å². The van der Waals surface area contributed by atoms with Gasteiger partial charge in [0.15, 0.2) is 0 Å². The number of halogens is 3. The fourth-order valence-electron chi connectivity index (χ4n) is 0.0550. The molecule has 0 unspecified atom stereocenters. The van der Waals surface area contributed by atoms with Gasteiger partial charge in [0, 0.05) is 5.54 Å². The van der Waals surface area contributed by atoms with Gasteiger partial charge in [-0.15, -0.1) is 0 Å². The van der Waals surface area contributed by atoms with Gasteiger partial charge in [-0.25, -0.2) is 8.78 Å². The largest absolute Gasteiger partial charge is 0.258 e. The maximum Gasteiger partial charge on any atom is 0.258 e. The first-order valence-corrected chi connectivity index (χ1v) is 1.76. The third-order valence-corrected chi connectivity index (χ3v) is 0.364. The predicted molar refractivity (Wildman–Crippen MR) is 21.0 cm³/mol. The summed E-state index contributed by atoms with van der Waals surface area (Å²) in [5, 5.41) is 0. The Morgan fingerprint density at radius 3 is 2.00 bits per heavy atom. The highest BCUT2D eigenvalue weighted by atomic mass is 35.5. The van der Waals surface area contributed by atoms with Crippen molar-refractivity contribution in [2.24, 2.45) is 0 Å². The number of rotatable bonds is 1. The van der Waals surface area contributed by atoms with E-state index in [-0.39, 0.29) is 0 Å². The van der Waals surface area contributed by atoms with E-state index in [1.807, 2.05) is 0 Å². The average Bonchev–Trinajstić information content (AvgIpc) is 1.35. The molecule has 0 aromatic carbocycles. The molecule has 0 saturated heterocycles. The molecule has 0 aliphatic carbocycles. The second-order valence-corrected chi connectivity index (χ2v) is 0.905. The molecule has 0 heterocycles. The number of hydrogen-bond acceptors (Lipinski definition) is 0. The zero-order valence-corrected chi connectivity index (χ0v) is 3.62. The first-order chi connectivity index (χ1) is 2.77. The summed E-state index contributed by atoms with van der Waals surface area (Å²) in [6, 6.07) is 0. The highest BCUT2D eigenvalue weighted by molar-refractivity contribution is 6.25. The first kappa shape index (κ1) is 5.89. The molecule has 0 atom stereocenters. The zero-order valence-electron chi connectivity index (χ0n) is 2.87. The predicted octanol–water partition coefficient (Wildman–Crippen LogP) is 2.00. The fraction of sp³-hybridized carbons (Fsp3) is 0.333. The molecule has 0 spiro atoms. The number of allylic oxidation sites excluding steroid dienone is 1. The highest BCUT2D eigenvalue weighted by Crippen LogP contribution is 1.93. The summed E-state index contributed by atoms with van der Waals surface area (Å²) in [6.07, 6.45) is -1.82. The summed E-state index contributed by atoms with van der Waals surface area (Å²) in [5.41, 5.74) is 0.796. The van der Waals surface area contributed by atoms with E-state index < -0.39 is 6.43 Å². The van der Waals surface area contributed by atoms with Gasteiger partial charge in [-0.3, -0.25) is 0 Å². The van der Waals surface area contributed by atoms with Crippen LogP contribution in [0.1, 0.15) is 0 Å². The Balaban J connectivity index is 3.03. The van der Waals surface area contributed by atoms with E-state index in [9.17, 15) is 8.78 Å². The van der Waals surface area contributed by atoms with Gasteiger partial charge in [0.25, 0.3) is 6.43 Å². The Morgan fingerprint density at radius 1 is 1.50 bits per heavy atom. The molecule has 36 valence electrons. The molecule has 0 N–H and O–H groups in total. The molecule has 0 nitrogen and oxygen atoms in total. The van der Waals surface area contributed by atoms with E-state index in [4.69, 9.17) is 11.6 Å². The van der Waals surface area contributed by atoms with Crippen molar-refractivity contribution < 1.29 is 8.78 Å². The zero-order chi connectivity index (χ0) is 4.99. The van der Waals surface area contributed by atoms with Crippen molar-refractivity contribution >= 4 is 11.6 Å². The van der Waals surface area contributed by atoms with Crippen LogP contribution in [0.2, 0.25) is 0 Å². The Hall–Kier alpha value is -0.110. The van der Waals surface area contributed by atoms with Crippen molar-refractivity contribution in [2.75, 3.05) is 0 Å². The minimum absolute atomic E-state index is 0.599. The van der Waals surface area contributed by atoms with Crippen LogP contribution in [0.15, 0.2) is 11.6 Å². The second-order valence-electron chi connectivity index (χ2n) is 0.653. The van der Waals surface area contributed by atoms with Crippen LogP contribution in [0.25, 0.3) is 0 Å². The minimum Gasteiger partial charge on any atom is -0.206 e. The molecule has 0 fully saturated rings. The van der Waals surface area contributed by atoms with E-state index in [1.54, 1.807) is 0 Å². The lowest BCUT2D eigenvalue weighted by molar-refractivity contribution is 0.204. The molecular weight excluding hydrogens is 109 g/mol. The van der Waals surface area contributed by atoms with Crippen molar-refractivity contribution in [1.82, 2.24) is 0 Å². The van der Waals surface area contributed by atoms with Gasteiger partial charge in [0.2, 0.25) is 0 Å². The van der Waals surface area contributed by atoms with Gasteiger partial charge in [-0.05, 0) is 6.08 Å². The van der Waals surface area contributed by atoms with Crippen LogP contribution < -0.4 is 0 Å². The third-order valence-electron chi connectivity index (χ3n) is 0.218. The van der Waals surface area contributed by atoms with Gasteiger partial charge in [0.1, 0.15) is 0 Å². The Kier molecular flexibility index (Phi) is 3.04. The third kappa shape index (κ3) is 3.89. The summed E-state index contributed by atoms with van der Waals surface area (Å²) < 4.78 is 21.7. The van der Waals surface area contributed by atoms with E-state index in [1.165, 1.54) is 0 Å². The van der Waals surface area contributed by atoms with Gasteiger partial charge in [-0.1, -0.05) is 11.6 Å². The van der Waals surface area contributed by atoms with Crippen molar-refractivity contribution in [3.05, 3.63) is 11.6 Å². The smallest absolute Gasteiger partial charge is 0.206 e. The molecule has 0 aliphatic rings. The molecule has 0 saturated carbocycles. The van der Waals surface area contributed by atoms with Crippen LogP contribution in [-0.2, 0) is 0 Å². The highest BCUT2D eigenvalue weighted by Gasteiger charge is 1.88. The quantitative estimate of drug-likeness (QED) is 0.487. The average molecular weight is 113 g/mol. The molecule has 0 aliphatic heterocycles. The summed E-state index contributed by atoms with van der Waals surface area (Å²) >= 11 is 4.74. The minimum atomic E-state index is -2.41. The van der Waals surface area contributed by atoms with Crippen molar-refractivity contribution in [1.29, 1.82) is 0 Å². The molecule has 0 aromatic heterocycles. The van der Waals surface area contributed by atoms with Crippen LogP contribution in [0.3, 0.4) is 0 Å². The molecule has 0 amide bonds. The van der Waals surface area contributed by atoms with Gasteiger partial charge >= 0.3 is 0 Å². The number of alkyl halides is 2. The standard InChI is InChI=1S/C3H3ClF2/c4-2-1-3(5)6/h1-3H/b2-1-. The van der Waals surface area contributed by atoms with Gasteiger partial charge in [0.05, 0.1) is 0 Å². The fourth-order valence-corrected chi connectivity index (χ4v) is 0.165. The molecule has 0 bridgehead atoms. The lowest BCUT2D eigenvalue weighted by atomic mass is 10.7. The Bertz CT molecular complexity index is 50.8. The molecule has 6 heavy (non-hydrogen) atoms. The van der Waals surface area contributed by atoms with E-state index >= 15 is 0 Å². The molecule has 0 aromatic rings. The molecule has 0 radical (unpaired) electrons. The van der Waals surface area contributed by atoms with E-state index in [0.29, 0.717) is 6.08 Å². The lowest BCUT2D eigenvalue weighted by Crippen LogP contribution is -1.76. The summed E-state index contributed by atoms with van der Waals surface area (Å²) in [7, 11) is 0. The maximum atomic E-state index is 10.9. The van der Waals surface area contributed by atoms with Gasteiger partial charge in [-0.2, -0.15) is 0 Å². The van der Waals surface area contributed by atoms with Crippen LogP contribution >= 0.6 is 11.6 Å². The van der Waals surface area contributed by atoms with E-state index in [2.05, 4.69) is 0 Å². The SMILES string of the molecule is FC(F)/C=C\Cl. The van der Waals surface area contributed by atoms with Gasteiger partial charge < -0.3 is 0 Å². The topological polar surface area (TPSA) is 0 Å². The summed E-state index contributed by atoms with van der Waals surface area (Å²) in [4.78, 5) is 0. The van der Waals surface area contributed by atoms with Crippen molar-refractivity contribution in [3.63, 3.8) is 0 Å². The second kappa shape index (κ2) is 3.09. The lowest BCUT2D eigenvalue weighted by Gasteiger charge is -1.77.